The molecule has 27 heavy (non-hydrogen) atoms. The Morgan fingerprint density at radius 2 is 1.89 bits per heavy atom. The van der Waals surface area contributed by atoms with Crippen molar-refractivity contribution in [1.82, 2.24) is 10.2 Å². The normalized spacial score (nSPS) is 16.7. The summed E-state index contributed by atoms with van der Waals surface area (Å²) in [6.45, 7) is 2.08. The van der Waals surface area contributed by atoms with Gasteiger partial charge in [-0.05, 0) is 49.1 Å². The van der Waals surface area contributed by atoms with Gasteiger partial charge in [0, 0.05) is 5.56 Å². The number of phenols is 1. The van der Waals surface area contributed by atoms with E-state index in [1.807, 2.05) is 18.2 Å². The first kappa shape index (κ1) is 17.2. The van der Waals surface area contributed by atoms with Gasteiger partial charge in [0.25, 0.3) is 5.89 Å². The summed E-state index contributed by atoms with van der Waals surface area (Å²) >= 11 is 0. The molecule has 1 aliphatic rings. The van der Waals surface area contributed by atoms with E-state index < -0.39 is 0 Å². The molecule has 4 nitrogen and oxygen atoms in total. The lowest BCUT2D eigenvalue weighted by Crippen LogP contribution is -1.96. The van der Waals surface area contributed by atoms with Crippen LogP contribution < -0.4 is 0 Å². The molecule has 1 aliphatic carbocycles. The van der Waals surface area contributed by atoms with Gasteiger partial charge < -0.3 is 9.52 Å². The SMILES string of the molecule is C/C1=C\C=C/c2ccc(-c3nnc(Cc4ccc(F)cc4)o3)c(O)c2CC1. The first-order valence-electron chi connectivity index (χ1n) is 8.86. The molecule has 0 bridgehead atoms. The molecular weight excluding hydrogens is 343 g/mol. The fraction of sp³-hybridized carbons (Fsp3) is 0.182. The quantitative estimate of drug-likeness (QED) is 0.706. The molecule has 1 heterocycles. The third-order valence-corrected chi connectivity index (χ3v) is 4.71. The highest BCUT2D eigenvalue weighted by Crippen LogP contribution is 2.36. The van der Waals surface area contributed by atoms with Crippen molar-refractivity contribution < 1.29 is 13.9 Å². The zero-order valence-electron chi connectivity index (χ0n) is 14.9. The number of fused-ring (bicyclic) bond motifs is 1. The molecule has 0 unspecified atom stereocenters. The van der Waals surface area contributed by atoms with Crippen LogP contribution in [0.3, 0.4) is 0 Å². The molecule has 3 aromatic rings. The van der Waals surface area contributed by atoms with Gasteiger partial charge in [0.05, 0.1) is 12.0 Å². The van der Waals surface area contributed by atoms with Gasteiger partial charge in [-0.25, -0.2) is 4.39 Å². The van der Waals surface area contributed by atoms with E-state index in [9.17, 15) is 9.50 Å². The fourth-order valence-corrected chi connectivity index (χ4v) is 3.18. The Bertz CT molecular complexity index is 1030. The van der Waals surface area contributed by atoms with Crippen LogP contribution in [0.1, 0.15) is 35.9 Å². The van der Waals surface area contributed by atoms with Crippen LogP contribution in [0, 0.1) is 5.82 Å². The van der Waals surface area contributed by atoms with Gasteiger partial charge >= 0.3 is 0 Å². The highest BCUT2D eigenvalue weighted by Gasteiger charge is 2.18. The van der Waals surface area contributed by atoms with E-state index in [0.717, 1.165) is 29.5 Å². The molecule has 0 spiro atoms. The highest BCUT2D eigenvalue weighted by atomic mass is 19.1. The molecular formula is C22H19FN2O2. The Labute approximate surface area is 156 Å². The van der Waals surface area contributed by atoms with Gasteiger partial charge in [0.2, 0.25) is 5.89 Å². The largest absolute Gasteiger partial charge is 0.507 e. The molecule has 0 fully saturated rings. The van der Waals surface area contributed by atoms with Crippen molar-refractivity contribution in [1.29, 1.82) is 0 Å². The van der Waals surface area contributed by atoms with Crippen molar-refractivity contribution in [3.05, 3.63) is 82.5 Å². The van der Waals surface area contributed by atoms with Crippen LogP contribution in [0.15, 0.2) is 58.5 Å². The number of benzene rings is 2. The molecule has 1 aromatic heterocycles. The van der Waals surface area contributed by atoms with Crippen LogP contribution in [0.5, 0.6) is 5.75 Å². The lowest BCUT2D eigenvalue weighted by molar-refractivity contribution is 0.463. The second-order valence-corrected chi connectivity index (χ2v) is 6.71. The maximum atomic E-state index is 13.0. The maximum Gasteiger partial charge on any atom is 0.251 e. The number of phenolic OH excluding ortho intramolecular Hbond substituents is 1. The molecule has 0 atom stereocenters. The summed E-state index contributed by atoms with van der Waals surface area (Å²) in [5.41, 5.74) is 4.55. The minimum Gasteiger partial charge on any atom is -0.507 e. The number of hydrogen-bond acceptors (Lipinski definition) is 4. The summed E-state index contributed by atoms with van der Waals surface area (Å²) in [6, 6.07) is 9.93. The standard InChI is InChI=1S/C22H19FN2O2/c1-14-3-2-4-16-8-12-19(21(26)18(16)11-5-14)22-25-24-20(27-22)13-15-6-9-17(23)10-7-15/h2-4,6-10,12,26H,5,11,13H2,1H3/b4-2-,14-3+. The van der Waals surface area contributed by atoms with Crippen molar-refractivity contribution in [3.8, 4) is 17.2 Å². The number of hydrogen-bond donors (Lipinski definition) is 1. The summed E-state index contributed by atoms with van der Waals surface area (Å²) in [6.07, 6.45) is 8.13. The van der Waals surface area contributed by atoms with Gasteiger partial charge in [-0.3, -0.25) is 0 Å². The van der Waals surface area contributed by atoms with E-state index >= 15 is 0 Å². The molecule has 0 saturated carbocycles. The molecule has 0 radical (unpaired) electrons. The third kappa shape index (κ3) is 3.67. The van der Waals surface area contributed by atoms with Gasteiger partial charge in [-0.2, -0.15) is 0 Å². The fourth-order valence-electron chi connectivity index (χ4n) is 3.18. The Kier molecular flexibility index (Phi) is 4.59. The van der Waals surface area contributed by atoms with E-state index in [2.05, 4.69) is 23.2 Å². The Morgan fingerprint density at radius 1 is 1.07 bits per heavy atom. The monoisotopic (exact) mass is 362 g/mol. The van der Waals surface area contributed by atoms with Crippen molar-refractivity contribution in [2.45, 2.75) is 26.2 Å². The van der Waals surface area contributed by atoms with Crippen molar-refractivity contribution in [3.63, 3.8) is 0 Å². The Hall–Kier alpha value is -3.21. The molecule has 2 aromatic carbocycles. The molecule has 1 N–H and O–H groups in total. The molecule has 0 saturated heterocycles. The smallest absolute Gasteiger partial charge is 0.251 e. The lowest BCUT2D eigenvalue weighted by atomic mass is 9.94. The van der Waals surface area contributed by atoms with E-state index in [4.69, 9.17) is 4.42 Å². The Morgan fingerprint density at radius 3 is 2.70 bits per heavy atom. The van der Waals surface area contributed by atoms with E-state index in [1.165, 1.54) is 17.7 Å². The van der Waals surface area contributed by atoms with Gasteiger partial charge in [-0.1, -0.05) is 42.0 Å². The van der Waals surface area contributed by atoms with Crippen LogP contribution >= 0.6 is 0 Å². The number of halogens is 1. The van der Waals surface area contributed by atoms with Gasteiger partial charge in [-0.15, -0.1) is 10.2 Å². The zero-order valence-corrected chi connectivity index (χ0v) is 14.9. The summed E-state index contributed by atoms with van der Waals surface area (Å²) in [4.78, 5) is 0. The number of nitrogens with zero attached hydrogens (tertiary/aromatic N) is 2. The Balaban J connectivity index is 1.63. The van der Waals surface area contributed by atoms with E-state index in [0.29, 0.717) is 17.9 Å². The molecule has 4 rings (SSSR count). The molecule has 0 aliphatic heterocycles. The summed E-state index contributed by atoms with van der Waals surface area (Å²) in [5, 5.41) is 18.9. The van der Waals surface area contributed by atoms with Crippen molar-refractivity contribution >= 4 is 6.08 Å². The lowest BCUT2D eigenvalue weighted by Gasteiger charge is -2.13. The third-order valence-electron chi connectivity index (χ3n) is 4.71. The van der Waals surface area contributed by atoms with Crippen LogP contribution in [-0.2, 0) is 12.8 Å². The van der Waals surface area contributed by atoms with Crippen LogP contribution in [0.2, 0.25) is 0 Å². The minimum atomic E-state index is -0.283. The van der Waals surface area contributed by atoms with Gasteiger partial charge in [0.15, 0.2) is 0 Å². The number of aromatic nitrogens is 2. The predicted molar refractivity (Wildman–Crippen MR) is 102 cm³/mol. The molecule has 0 amide bonds. The number of allylic oxidation sites excluding steroid dienone is 3. The van der Waals surface area contributed by atoms with Crippen molar-refractivity contribution in [2.24, 2.45) is 0 Å². The first-order chi connectivity index (χ1) is 13.1. The number of aromatic hydroxyl groups is 1. The first-order valence-corrected chi connectivity index (χ1v) is 8.86. The second kappa shape index (κ2) is 7.19. The average molecular weight is 362 g/mol. The van der Waals surface area contributed by atoms with E-state index in [-0.39, 0.29) is 17.5 Å². The number of rotatable bonds is 3. The van der Waals surface area contributed by atoms with Crippen LogP contribution in [-0.4, -0.2) is 15.3 Å². The van der Waals surface area contributed by atoms with E-state index in [1.54, 1.807) is 18.2 Å². The summed E-state index contributed by atoms with van der Waals surface area (Å²) < 4.78 is 18.8. The van der Waals surface area contributed by atoms with Crippen molar-refractivity contribution in [2.75, 3.05) is 0 Å². The van der Waals surface area contributed by atoms with Gasteiger partial charge in [0.1, 0.15) is 11.6 Å². The molecule has 136 valence electrons. The topological polar surface area (TPSA) is 59.2 Å². The second-order valence-electron chi connectivity index (χ2n) is 6.71. The zero-order chi connectivity index (χ0) is 18.8. The van der Waals surface area contributed by atoms with Crippen LogP contribution in [0.4, 0.5) is 4.39 Å². The molecule has 5 heteroatoms. The summed E-state index contributed by atoms with van der Waals surface area (Å²) in [5.74, 6) is 0.603. The maximum absolute atomic E-state index is 13.0. The highest BCUT2D eigenvalue weighted by molar-refractivity contribution is 5.71. The van der Waals surface area contributed by atoms with Crippen LogP contribution in [0.25, 0.3) is 17.5 Å². The summed E-state index contributed by atoms with van der Waals surface area (Å²) in [7, 11) is 0. The average Bonchev–Trinajstić information content (AvgIpc) is 3.09. The minimum absolute atomic E-state index is 0.184. The predicted octanol–water partition coefficient (Wildman–Crippen LogP) is 5.08.